The molecule has 5 heteroatoms. The zero-order valence-corrected chi connectivity index (χ0v) is 9.53. The lowest BCUT2D eigenvalue weighted by Crippen LogP contribution is -2.36. The van der Waals surface area contributed by atoms with Crippen LogP contribution < -0.4 is 5.32 Å². The summed E-state index contributed by atoms with van der Waals surface area (Å²) < 4.78 is 9.86. The first-order chi connectivity index (χ1) is 6.47. The number of hydrogen-bond donors (Lipinski definition) is 2. The van der Waals surface area contributed by atoms with Crippen LogP contribution in [-0.2, 0) is 14.3 Å². The molecule has 0 spiro atoms. The number of methoxy groups -OCH3 is 2. The second kappa shape index (κ2) is 10.4. The fraction of sp³-hybridized carbons (Fsp3) is 0.889. The maximum Gasteiger partial charge on any atom is 0.303 e. The van der Waals surface area contributed by atoms with Gasteiger partial charge in [0.15, 0.2) is 0 Å². The van der Waals surface area contributed by atoms with Crippen molar-refractivity contribution in [3.8, 4) is 0 Å². The third-order valence-corrected chi connectivity index (χ3v) is 1.48. The molecule has 0 rings (SSSR count). The molecule has 2 unspecified atom stereocenters. The second-order valence-corrected chi connectivity index (χ2v) is 2.67. The molecule has 14 heavy (non-hydrogen) atoms. The molecule has 5 nitrogen and oxygen atoms in total. The minimum absolute atomic E-state index is 0.0555. The number of carboxylic acids is 1. The van der Waals surface area contributed by atoms with Crippen LogP contribution in [0.3, 0.4) is 0 Å². The molecular weight excluding hydrogens is 186 g/mol. The molecule has 0 aliphatic carbocycles. The largest absolute Gasteiger partial charge is 0.481 e. The van der Waals surface area contributed by atoms with E-state index in [1.165, 1.54) is 0 Å². The van der Waals surface area contributed by atoms with Crippen molar-refractivity contribution in [3.63, 3.8) is 0 Å². The Bertz CT molecular complexity index is 133. The molecule has 0 aliphatic rings. The lowest BCUT2D eigenvalue weighted by molar-refractivity contribution is -0.136. The highest BCUT2D eigenvalue weighted by Crippen LogP contribution is 1.86. The highest BCUT2D eigenvalue weighted by Gasteiger charge is 2.02. The van der Waals surface area contributed by atoms with E-state index in [1.807, 2.05) is 13.8 Å². The lowest BCUT2D eigenvalue weighted by Gasteiger charge is -2.16. The Hall–Kier alpha value is -0.650. The Kier molecular flexibility index (Phi) is 11.8. The van der Waals surface area contributed by atoms with Crippen molar-refractivity contribution in [2.45, 2.75) is 39.6 Å². The van der Waals surface area contributed by atoms with Crippen LogP contribution in [-0.4, -0.2) is 37.8 Å². The highest BCUT2D eigenvalue weighted by atomic mass is 16.5. The maximum absolute atomic E-state index is 9.37. The van der Waals surface area contributed by atoms with Gasteiger partial charge < -0.3 is 14.6 Å². The molecular formula is C9H21NO4. The first kappa shape index (κ1) is 15.8. The van der Waals surface area contributed by atoms with Gasteiger partial charge in [-0.1, -0.05) is 6.92 Å². The fourth-order valence-electron chi connectivity index (χ4n) is 0.467. The van der Waals surface area contributed by atoms with E-state index >= 15 is 0 Å². The Morgan fingerprint density at radius 1 is 1.29 bits per heavy atom. The van der Waals surface area contributed by atoms with E-state index in [-0.39, 0.29) is 18.9 Å². The number of carboxylic acid groups (broad SMARTS) is 1. The minimum atomic E-state index is -0.745. The van der Waals surface area contributed by atoms with E-state index in [0.29, 0.717) is 0 Å². The summed E-state index contributed by atoms with van der Waals surface area (Å²) in [6, 6.07) is 0. The predicted molar refractivity (Wildman–Crippen MR) is 54.0 cm³/mol. The van der Waals surface area contributed by atoms with Crippen LogP contribution in [0.4, 0.5) is 0 Å². The van der Waals surface area contributed by atoms with Gasteiger partial charge in [0.05, 0.1) is 0 Å². The van der Waals surface area contributed by atoms with Gasteiger partial charge in [0, 0.05) is 20.6 Å². The monoisotopic (exact) mass is 207 g/mol. The molecule has 0 amide bonds. The third kappa shape index (κ3) is 13.9. The highest BCUT2D eigenvalue weighted by molar-refractivity contribution is 5.66. The van der Waals surface area contributed by atoms with Gasteiger partial charge in [-0.15, -0.1) is 0 Å². The summed E-state index contributed by atoms with van der Waals surface area (Å²) in [7, 11) is 3.31. The van der Waals surface area contributed by atoms with Gasteiger partial charge in [0.2, 0.25) is 0 Å². The van der Waals surface area contributed by atoms with Crippen LogP contribution in [0.1, 0.15) is 27.2 Å². The summed E-state index contributed by atoms with van der Waals surface area (Å²) in [6.07, 6.45) is 0.333. The quantitative estimate of drug-likeness (QED) is 0.659. The van der Waals surface area contributed by atoms with E-state index < -0.39 is 5.97 Å². The maximum atomic E-state index is 9.37. The molecule has 2 N–H and O–H groups in total. The van der Waals surface area contributed by atoms with Crippen molar-refractivity contribution in [2.24, 2.45) is 0 Å². The first-order valence-corrected chi connectivity index (χ1v) is 4.51. The summed E-state index contributed by atoms with van der Waals surface area (Å²) in [5.74, 6) is -0.745. The van der Waals surface area contributed by atoms with Crippen LogP contribution in [0.2, 0.25) is 0 Å². The van der Waals surface area contributed by atoms with Gasteiger partial charge in [-0.3, -0.25) is 10.1 Å². The normalized spacial score (nSPS) is 13.8. The van der Waals surface area contributed by atoms with Gasteiger partial charge in [-0.25, -0.2) is 0 Å². The molecule has 0 aromatic rings. The summed E-state index contributed by atoms with van der Waals surface area (Å²) in [6.45, 7) is 5.45. The van der Waals surface area contributed by atoms with Gasteiger partial charge in [0.1, 0.15) is 12.5 Å². The Morgan fingerprint density at radius 2 is 1.57 bits per heavy atom. The number of hydrogen-bond acceptors (Lipinski definition) is 4. The second-order valence-electron chi connectivity index (χ2n) is 2.67. The summed E-state index contributed by atoms with van der Waals surface area (Å²) in [5, 5.41) is 10.8. The van der Waals surface area contributed by atoms with E-state index in [9.17, 15) is 4.79 Å². The van der Waals surface area contributed by atoms with Crippen molar-refractivity contribution < 1.29 is 19.4 Å². The fourth-order valence-corrected chi connectivity index (χ4v) is 0.467. The van der Waals surface area contributed by atoms with Crippen molar-refractivity contribution in [3.05, 3.63) is 0 Å². The van der Waals surface area contributed by atoms with Gasteiger partial charge >= 0.3 is 5.97 Å². The number of aliphatic carboxylic acids is 1. The third-order valence-electron chi connectivity index (χ3n) is 1.48. The zero-order chi connectivity index (χ0) is 11.6. The van der Waals surface area contributed by atoms with Crippen LogP contribution in [0.15, 0.2) is 0 Å². The minimum Gasteiger partial charge on any atom is -0.481 e. The molecule has 0 saturated carbocycles. The zero-order valence-electron chi connectivity index (χ0n) is 9.53. The standard InChI is InChI=1S/C6H15NO2.C3H6O2/c1-5(8-3)7-6(2)9-4;1-2-3(4)5/h5-7H,1-4H3;2H2,1H3,(H,4,5). The van der Waals surface area contributed by atoms with Crippen molar-refractivity contribution in [1.82, 2.24) is 5.32 Å². The van der Waals surface area contributed by atoms with Gasteiger partial charge in [0.25, 0.3) is 0 Å². The lowest BCUT2D eigenvalue weighted by atomic mass is 10.5. The van der Waals surface area contributed by atoms with Crippen LogP contribution in [0, 0.1) is 0 Å². The van der Waals surface area contributed by atoms with E-state index in [2.05, 4.69) is 5.32 Å². The van der Waals surface area contributed by atoms with Crippen LogP contribution in [0.5, 0.6) is 0 Å². The van der Waals surface area contributed by atoms with E-state index in [1.54, 1.807) is 21.1 Å². The topological polar surface area (TPSA) is 67.8 Å². The molecule has 0 aromatic heterocycles. The van der Waals surface area contributed by atoms with Crippen molar-refractivity contribution in [2.75, 3.05) is 14.2 Å². The Labute approximate surface area is 85.4 Å². The van der Waals surface area contributed by atoms with Crippen LogP contribution in [0.25, 0.3) is 0 Å². The smallest absolute Gasteiger partial charge is 0.303 e. The SMILES string of the molecule is CCC(=O)O.COC(C)NC(C)OC. The predicted octanol–water partition coefficient (Wildman–Crippen LogP) is 1.04. The van der Waals surface area contributed by atoms with Gasteiger partial charge in [-0.05, 0) is 13.8 Å². The van der Waals surface area contributed by atoms with Crippen LogP contribution >= 0.6 is 0 Å². The summed E-state index contributed by atoms with van der Waals surface area (Å²) in [5.41, 5.74) is 0. The van der Waals surface area contributed by atoms with E-state index in [0.717, 1.165) is 0 Å². The number of rotatable bonds is 5. The average molecular weight is 207 g/mol. The van der Waals surface area contributed by atoms with Crippen molar-refractivity contribution >= 4 is 5.97 Å². The molecule has 0 aliphatic heterocycles. The Balaban J connectivity index is 0. The molecule has 0 saturated heterocycles. The number of ether oxygens (including phenoxy) is 2. The summed E-state index contributed by atoms with van der Waals surface area (Å²) in [4.78, 5) is 9.37. The molecule has 0 bridgehead atoms. The summed E-state index contributed by atoms with van der Waals surface area (Å²) >= 11 is 0. The number of nitrogens with one attached hydrogen (secondary N) is 1. The Morgan fingerprint density at radius 3 is 1.71 bits per heavy atom. The molecule has 86 valence electrons. The molecule has 0 fully saturated rings. The van der Waals surface area contributed by atoms with Gasteiger partial charge in [-0.2, -0.15) is 0 Å². The first-order valence-electron chi connectivity index (χ1n) is 4.51. The molecule has 0 radical (unpaired) electrons. The molecule has 0 heterocycles. The van der Waals surface area contributed by atoms with Crippen molar-refractivity contribution in [1.29, 1.82) is 0 Å². The van der Waals surface area contributed by atoms with E-state index in [4.69, 9.17) is 14.6 Å². The average Bonchev–Trinajstić information content (AvgIpc) is 2.18. The molecule has 0 aromatic carbocycles. The number of carbonyl (C=O) groups is 1. The molecule has 2 atom stereocenters.